The molecule has 0 spiro atoms. The Labute approximate surface area is 90.1 Å². The van der Waals surface area contributed by atoms with Gasteiger partial charge in [0, 0.05) is 12.5 Å². The molecule has 1 atom stereocenters. The quantitative estimate of drug-likeness (QED) is 0.760. The van der Waals surface area contributed by atoms with Crippen molar-refractivity contribution >= 4 is 5.91 Å². The Hall–Kier alpha value is -1.35. The van der Waals surface area contributed by atoms with Crippen LogP contribution in [0.25, 0.3) is 0 Å². The molecule has 2 N–H and O–H groups in total. The van der Waals surface area contributed by atoms with Gasteiger partial charge in [0.15, 0.2) is 0 Å². The van der Waals surface area contributed by atoms with Crippen LogP contribution in [0.1, 0.15) is 18.9 Å². The van der Waals surface area contributed by atoms with E-state index in [0.717, 1.165) is 12.0 Å². The monoisotopic (exact) mass is 207 g/mol. The van der Waals surface area contributed by atoms with Gasteiger partial charge in [0.1, 0.15) is 0 Å². The van der Waals surface area contributed by atoms with E-state index in [1.807, 2.05) is 30.3 Å². The summed E-state index contributed by atoms with van der Waals surface area (Å²) in [5.74, 6) is -0.0135. The summed E-state index contributed by atoms with van der Waals surface area (Å²) in [6.07, 6.45) is 1.21. The van der Waals surface area contributed by atoms with E-state index in [9.17, 15) is 4.79 Å². The topological polar surface area (TPSA) is 49.3 Å². The predicted molar refractivity (Wildman–Crippen MR) is 59.5 cm³/mol. The fourth-order valence-corrected chi connectivity index (χ4v) is 1.30. The second kappa shape index (κ2) is 6.19. The summed E-state index contributed by atoms with van der Waals surface area (Å²) in [7, 11) is 0. The molecule has 0 aliphatic heterocycles. The summed E-state index contributed by atoms with van der Waals surface area (Å²) in [6, 6.07) is 9.73. The summed E-state index contributed by atoms with van der Waals surface area (Å²) in [4.78, 5) is 11.4. The lowest BCUT2D eigenvalue weighted by molar-refractivity contribution is -0.121. The lowest BCUT2D eigenvalue weighted by Gasteiger charge is -2.10. The van der Waals surface area contributed by atoms with Gasteiger partial charge >= 0.3 is 0 Å². The van der Waals surface area contributed by atoms with Crippen LogP contribution in [0.2, 0.25) is 0 Å². The maximum absolute atomic E-state index is 11.4. The zero-order valence-electron chi connectivity index (χ0n) is 8.94. The van der Waals surface area contributed by atoms with Crippen molar-refractivity contribution in [2.45, 2.75) is 25.8 Å². The number of aliphatic hydroxyl groups is 1. The first kappa shape index (κ1) is 11.7. The number of carbonyl (C=O) groups is 1. The van der Waals surface area contributed by atoms with Gasteiger partial charge in [-0.2, -0.15) is 0 Å². The highest BCUT2D eigenvalue weighted by Gasteiger charge is 2.05. The number of rotatable bonds is 5. The first-order valence-electron chi connectivity index (χ1n) is 5.16. The first-order chi connectivity index (χ1) is 7.22. The normalized spacial score (nSPS) is 12.1. The molecule has 1 aromatic carbocycles. The second-order valence-electron chi connectivity index (χ2n) is 3.64. The Morgan fingerprint density at radius 2 is 2.07 bits per heavy atom. The first-order valence-corrected chi connectivity index (χ1v) is 5.16. The molecular formula is C12H17NO2. The van der Waals surface area contributed by atoms with Gasteiger partial charge in [0.2, 0.25) is 5.91 Å². The number of amides is 1. The number of benzene rings is 1. The number of nitrogens with one attached hydrogen (secondary N) is 1. The molecule has 1 aromatic rings. The van der Waals surface area contributed by atoms with Gasteiger partial charge in [0.05, 0.1) is 6.61 Å². The minimum atomic E-state index is -0.159. The van der Waals surface area contributed by atoms with Gasteiger partial charge in [-0.1, -0.05) is 30.3 Å². The van der Waals surface area contributed by atoms with Crippen LogP contribution in [0.4, 0.5) is 0 Å². The van der Waals surface area contributed by atoms with E-state index in [2.05, 4.69) is 5.32 Å². The SMILES string of the molecule is C[C@H](CO)NC(=O)CCc1ccccc1. The third-order valence-electron chi connectivity index (χ3n) is 2.16. The van der Waals surface area contributed by atoms with Gasteiger partial charge in [-0.3, -0.25) is 4.79 Å². The van der Waals surface area contributed by atoms with Crippen molar-refractivity contribution in [1.29, 1.82) is 0 Å². The van der Waals surface area contributed by atoms with Crippen LogP contribution in [-0.4, -0.2) is 23.7 Å². The Morgan fingerprint density at radius 3 is 2.67 bits per heavy atom. The highest BCUT2D eigenvalue weighted by molar-refractivity contribution is 5.76. The third kappa shape index (κ3) is 4.61. The molecule has 0 heterocycles. The molecule has 0 aliphatic rings. The molecule has 0 unspecified atom stereocenters. The van der Waals surface area contributed by atoms with Crippen LogP contribution in [0.3, 0.4) is 0 Å². The Kier molecular flexibility index (Phi) is 4.84. The molecule has 0 aliphatic carbocycles. The van der Waals surface area contributed by atoms with Gasteiger partial charge in [0.25, 0.3) is 0 Å². The second-order valence-corrected chi connectivity index (χ2v) is 3.64. The fourth-order valence-electron chi connectivity index (χ4n) is 1.30. The molecule has 0 aromatic heterocycles. The summed E-state index contributed by atoms with van der Waals surface area (Å²) < 4.78 is 0. The summed E-state index contributed by atoms with van der Waals surface area (Å²) in [6.45, 7) is 1.76. The van der Waals surface area contributed by atoms with Crippen LogP contribution in [0.15, 0.2) is 30.3 Å². The van der Waals surface area contributed by atoms with Crippen molar-refractivity contribution in [3.8, 4) is 0 Å². The summed E-state index contributed by atoms with van der Waals surface area (Å²) in [5, 5.41) is 11.5. The fraction of sp³-hybridized carbons (Fsp3) is 0.417. The Bertz CT molecular complexity index is 298. The average molecular weight is 207 g/mol. The zero-order valence-corrected chi connectivity index (χ0v) is 8.94. The lowest BCUT2D eigenvalue weighted by atomic mass is 10.1. The van der Waals surface area contributed by atoms with E-state index in [0.29, 0.717) is 6.42 Å². The molecule has 1 amide bonds. The van der Waals surface area contributed by atoms with Crippen molar-refractivity contribution in [1.82, 2.24) is 5.32 Å². The van der Waals surface area contributed by atoms with Crippen molar-refractivity contribution in [3.05, 3.63) is 35.9 Å². The van der Waals surface area contributed by atoms with Gasteiger partial charge in [-0.25, -0.2) is 0 Å². The number of hydrogen-bond acceptors (Lipinski definition) is 2. The zero-order chi connectivity index (χ0) is 11.1. The van der Waals surface area contributed by atoms with Crippen LogP contribution in [0, 0.1) is 0 Å². The molecule has 3 nitrogen and oxygen atoms in total. The summed E-state index contributed by atoms with van der Waals surface area (Å²) in [5.41, 5.74) is 1.16. The molecule has 3 heteroatoms. The van der Waals surface area contributed by atoms with Gasteiger partial charge < -0.3 is 10.4 Å². The molecule has 1 rings (SSSR count). The van der Waals surface area contributed by atoms with E-state index in [-0.39, 0.29) is 18.6 Å². The molecular weight excluding hydrogens is 190 g/mol. The molecule has 82 valence electrons. The number of aryl methyl sites for hydroxylation is 1. The van der Waals surface area contributed by atoms with Crippen LogP contribution in [-0.2, 0) is 11.2 Å². The third-order valence-corrected chi connectivity index (χ3v) is 2.16. The largest absolute Gasteiger partial charge is 0.394 e. The van der Waals surface area contributed by atoms with E-state index in [1.165, 1.54) is 0 Å². The standard InChI is InChI=1S/C12H17NO2/c1-10(9-14)13-12(15)8-7-11-5-3-2-4-6-11/h2-6,10,14H,7-9H2,1H3,(H,13,15)/t10-/m1/s1. The van der Waals surface area contributed by atoms with Gasteiger partial charge in [-0.05, 0) is 18.9 Å². The maximum Gasteiger partial charge on any atom is 0.220 e. The van der Waals surface area contributed by atoms with Crippen molar-refractivity contribution in [2.24, 2.45) is 0 Å². The molecule has 0 saturated carbocycles. The molecule has 15 heavy (non-hydrogen) atoms. The van der Waals surface area contributed by atoms with Crippen LogP contribution >= 0.6 is 0 Å². The van der Waals surface area contributed by atoms with Crippen molar-refractivity contribution in [3.63, 3.8) is 0 Å². The lowest BCUT2D eigenvalue weighted by Crippen LogP contribution is -2.35. The molecule has 0 fully saturated rings. The minimum Gasteiger partial charge on any atom is -0.394 e. The van der Waals surface area contributed by atoms with Crippen molar-refractivity contribution in [2.75, 3.05) is 6.61 Å². The number of hydrogen-bond donors (Lipinski definition) is 2. The maximum atomic E-state index is 11.4. The highest BCUT2D eigenvalue weighted by Crippen LogP contribution is 2.02. The van der Waals surface area contributed by atoms with E-state index >= 15 is 0 Å². The highest BCUT2D eigenvalue weighted by atomic mass is 16.3. The Balaban J connectivity index is 2.29. The average Bonchev–Trinajstić information content (AvgIpc) is 2.27. The Morgan fingerprint density at radius 1 is 1.40 bits per heavy atom. The molecule has 0 saturated heterocycles. The number of carbonyl (C=O) groups excluding carboxylic acids is 1. The van der Waals surface area contributed by atoms with Crippen LogP contribution in [0.5, 0.6) is 0 Å². The van der Waals surface area contributed by atoms with E-state index in [4.69, 9.17) is 5.11 Å². The smallest absolute Gasteiger partial charge is 0.220 e. The minimum absolute atomic E-state index is 0.0135. The van der Waals surface area contributed by atoms with Crippen molar-refractivity contribution < 1.29 is 9.90 Å². The van der Waals surface area contributed by atoms with E-state index < -0.39 is 0 Å². The number of aliphatic hydroxyl groups excluding tert-OH is 1. The summed E-state index contributed by atoms with van der Waals surface area (Å²) >= 11 is 0. The molecule has 0 bridgehead atoms. The molecule has 0 radical (unpaired) electrons. The van der Waals surface area contributed by atoms with E-state index in [1.54, 1.807) is 6.92 Å². The van der Waals surface area contributed by atoms with Crippen LogP contribution < -0.4 is 5.32 Å². The van der Waals surface area contributed by atoms with Gasteiger partial charge in [-0.15, -0.1) is 0 Å². The predicted octanol–water partition coefficient (Wildman–Crippen LogP) is 1.12.